The monoisotopic (exact) mass is 288 g/mol. The lowest BCUT2D eigenvalue weighted by molar-refractivity contribution is -0.133. The van der Waals surface area contributed by atoms with Crippen LogP contribution < -0.4 is 10.2 Å². The third-order valence-electron chi connectivity index (χ3n) is 4.43. The van der Waals surface area contributed by atoms with E-state index in [9.17, 15) is 4.79 Å². The van der Waals surface area contributed by atoms with Crippen molar-refractivity contribution in [2.75, 3.05) is 24.6 Å². The van der Waals surface area contributed by atoms with Crippen molar-refractivity contribution >= 4 is 11.7 Å². The van der Waals surface area contributed by atoms with Gasteiger partial charge in [-0.3, -0.25) is 4.79 Å². The summed E-state index contributed by atoms with van der Waals surface area (Å²) in [5, 5.41) is 3.02. The molecule has 1 saturated carbocycles. The second-order valence-electron chi connectivity index (χ2n) is 6.06. The molecule has 0 radical (unpaired) electrons. The van der Waals surface area contributed by atoms with E-state index in [2.05, 4.69) is 20.2 Å². The highest BCUT2D eigenvalue weighted by Gasteiger charge is 2.32. The average molecular weight is 288 g/mol. The third kappa shape index (κ3) is 2.60. The lowest BCUT2D eigenvalue weighted by Gasteiger charge is -2.33. The summed E-state index contributed by atoms with van der Waals surface area (Å²) >= 11 is 0. The maximum absolute atomic E-state index is 12.2. The molecule has 1 aromatic rings. The highest BCUT2D eigenvalue weighted by Crippen LogP contribution is 2.29. The Morgan fingerprint density at radius 2 is 2.24 bits per heavy atom. The van der Waals surface area contributed by atoms with Gasteiger partial charge in [-0.15, -0.1) is 0 Å². The summed E-state index contributed by atoms with van der Waals surface area (Å²) in [6, 6.07) is 0.375. The number of ether oxygens (including phenoxy) is 1. The molecule has 4 rings (SSSR count). The summed E-state index contributed by atoms with van der Waals surface area (Å²) in [5.74, 6) is 1.03. The quantitative estimate of drug-likeness (QED) is 0.874. The van der Waals surface area contributed by atoms with Gasteiger partial charge in [0.15, 0.2) is 6.10 Å². The Morgan fingerprint density at radius 3 is 3.10 bits per heavy atom. The molecule has 6 nitrogen and oxygen atoms in total. The fraction of sp³-hybridized carbons (Fsp3) is 0.667. The van der Waals surface area contributed by atoms with E-state index in [0.29, 0.717) is 19.2 Å². The maximum atomic E-state index is 12.2. The van der Waals surface area contributed by atoms with Crippen molar-refractivity contribution in [1.82, 2.24) is 15.3 Å². The lowest BCUT2D eigenvalue weighted by Crippen LogP contribution is -2.50. The van der Waals surface area contributed by atoms with Gasteiger partial charge in [-0.2, -0.15) is 0 Å². The molecule has 0 bridgehead atoms. The molecule has 2 heterocycles. The van der Waals surface area contributed by atoms with Crippen LogP contribution in [0.4, 0.5) is 5.82 Å². The van der Waals surface area contributed by atoms with Crippen LogP contribution in [0.15, 0.2) is 6.33 Å². The Bertz CT molecular complexity index is 559. The summed E-state index contributed by atoms with van der Waals surface area (Å²) in [4.78, 5) is 23.2. The van der Waals surface area contributed by atoms with Gasteiger partial charge < -0.3 is 15.0 Å². The maximum Gasteiger partial charge on any atom is 0.251 e. The van der Waals surface area contributed by atoms with Crippen LogP contribution in [0.25, 0.3) is 0 Å². The second kappa shape index (κ2) is 5.26. The average Bonchev–Trinajstić information content (AvgIpc) is 3.20. The van der Waals surface area contributed by atoms with Gasteiger partial charge in [0.25, 0.3) is 5.91 Å². The molecule has 1 saturated heterocycles. The van der Waals surface area contributed by atoms with E-state index < -0.39 is 0 Å². The highest BCUT2D eigenvalue weighted by atomic mass is 16.5. The summed E-state index contributed by atoms with van der Waals surface area (Å²) in [7, 11) is 0. The number of aryl methyl sites for hydroxylation is 1. The molecule has 3 aliphatic rings. The van der Waals surface area contributed by atoms with Gasteiger partial charge >= 0.3 is 0 Å². The first-order valence-corrected chi connectivity index (χ1v) is 7.81. The summed E-state index contributed by atoms with van der Waals surface area (Å²) in [6.07, 6.45) is 6.70. The van der Waals surface area contributed by atoms with Crippen molar-refractivity contribution < 1.29 is 9.53 Å². The number of hydrogen-bond donors (Lipinski definition) is 1. The zero-order chi connectivity index (χ0) is 14.2. The van der Waals surface area contributed by atoms with Crippen molar-refractivity contribution in [2.24, 2.45) is 0 Å². The summed E-state index contributed by atoms with van der Waals surface area (Å²) in [6.45, 7) is 1.94. The minimum absolute atomic E-state index is 0.0212. The molecule has 1 N–H and O–H groups in total. The molecule has 6 heteroatoms. The number of aromatic nitrogens is 2. The fourth-order valence-corrected chi connectivity index (χ4v) is 3.14. The predicted molar refractivity (Wildman–Crippen MR) is 77.2 cm³/mol. The number of fused-ring (bicyclic) bond motifs is 1. The van der Waals surface area contributed by atoms with Crippen LogP contribution in [-0.2, 0) is 22.4 Å². The van der Waals surface area contributed by atoms with Gasteiger partial charge in [-0.25, -0.2) is 9.97 Å². The molecule has 2 fully saturated rings. The molecular weight excluding hydrogens is 268 g/mol. The van der Waals surface area contributed by atoms with Crippen LogP contribution >= 0.6 is 0 Å². The normalized spacial score (nSPS) is 24.8. The molecule has 112 valence electrons. The van der Waals surface area contributed by atoms with Crippen molar-refractivity contribution in [3.63, 3.8) is 0 Å². The number of rotatable bonds is 3. The van der Waals surface area contributed by atoms with Gasteiger partial charge in [0.2, 0.25) is 0 Å². The van der Waals surface area contributed by atoms with Crippen LogP contribution in [0.3, 0.4) is 0 Å². The molecule has 1 aromatic heterocycles. The van der Waals surface area contributed by atoms with Gasteiger partial charge in [-0.05, 0) is 32.1 Å². The number of nitrogens with one attached hydrogen (secondary N) is 1. The van der Waals surface area contributed by atoms with E-state index in [-0.39, 0.29) is 12.0 Å². The largest absolute Gasteiger partial charge is 0.365 e. The van der Waals surface area contributed by atoms with Crippen LogP contribution in [-0.4, -0.2) is 47.7 Å². The van der Waals surface area contributed by atoms with Gasteiger partial charge in [0.1, 0.15) is 12.1 Å². The minimum atomic E-state index is -0.383. The van der Waals surface area contributed by atoms with Gasteiger partial charge in [0, 0.05) is 23.8 Å². The van der Waals surface area contributed by atoms with Crippen LogP contribution in [0, 0.1) is 0 Å². The first kappa shape index (κ1) is 13.0. The Hall–Kier alpha value is -1.69. The number of nitrogens with zero attached hydrogens (tertiary/aromatic N) is 3. The predicted octanol–water partition coefficient (Wildman–Crippen LogP) is 0.449. The SMILES string of the molecule is O=C(NC1CC1)C1CN(c2ncnc3c2CCC3)CCO1. The van der Waals surface area contributed by atoms with Gasteiger partial charge in [0.05, 0.1) is 13.2 Å². The minimum Gasteiger partial charge on any atom is -0.365 e. The van der Waals surface area contributed by atoms with Crippen LogP contribution in [0.5, 0.6) is 0 Å². The molecule has 1 aliphatic heterocycles. The molecule has 1 unspecified atom stereocenters. The molecule has 1 atom stereocenters. The zero-order valence-electron chi connectivity index (χ0n) is 12.0. The number of morpholine rings is 1. The first-order chi connectivity index (χ1) is 10.3. The third-order valence-corrected chi connectivity index (χ3v) is 4.43. The Labute approximate surface area is 123 Å². The van der Waals surface area contributed by atoms with E-state index in [1.807, 2.05) is 0 Å². The second-order valence-corrected chi connectivity index (χ2v) is 6.06. The number of hydrogen-bond acceptors (Lipinski definition) is 5. The first-order valence-electron chi connectivity index (χ1n) is 7.81. The van der Waals surface area contributed by atoms with Crippen LogP contribution in [0.1, 0.15) is 30.5 Å². The van der Waals surface area contributed by atoms with Crippen molar-refractivity contribution in [1.29, 1.82) is 0 Å². The fourth-order valence-electron chi connectivity index (χ4n) is 3.14. The standard InChI is InChI=1S/C15H20N4O2/c20-15(18-10-4-5-10)13-8-19(6-7-21-13)14-11-2-1-3-12(11)16-9-17-14/h9-10,13H,1-8H2,(H,18,20). The molecule has 1 amide bonds. The topological polar surface area (TPSA) is 67.4 Å². The molecule has 21 heavy (non-hydrogen) atoms. The zero-order valence-corrected chi connectivity index (χ0v) is 12.0. The van der Waals surface area contributed by atoms with E-state index in [4.69, 9.17) is 4.74 Å². The van der Waals surface area contributed by atoms with Gasteiger partial charge in [-0.1, -0.05) is 0 Å². The van der Waals surface area contributed by atoms with Crippen LogP contribution in [0.2, 0.25) is 0 Å². The summed E-state index contributed by atoms with van der Waals surface area (Å²) in [5.41, 5.74) is 2.44. The van der Waals surface area contributed by atoms with E-state index in [1.54, 1.807) is 6.33 Å². The Morgan fingerprint density at radius 1 is 1.33 bits per heavy atom. The number of carbonyl (C=O) groups excluding carboxylic acids is 1. The van der Waals surface area contributed by atoms with Crippen molar-refractivity contribution in [3.05, 3.63) is 17.6 Å². The number of anilines is 1. The molecular formula is C15H20N4O2. The molecule has 2 aliphatic carbocycles. The van der Waals surface area contributed by atoms with E-state index in [0.717, 1.165) is 44.5 Å². The lowest BCUT2D eigenvalue weighted by atomic mass is 10.2. The summed E-state index contributed by atoms with van der Waals surface area (Å²) < 4.78 is 5.64. The highest BCUT2D eigenvalue weighted by molar-refractivity contribution is 5.82. The molecule has 0 spiro atoms. The van der Waals surface area contributed by atoms with E-state index in [1.165, 1.54) is 11.3 Å². The smallest absolute Gasteiger partial charge is 0.251 e. The van der Waals surface area contributed by atoms with Crippen molar-refractivity contribution in [3.8, 4) is 0 Å². The van der Waals surface area contributed by atoms with E-state index >= 15 is 0 Å². The Kier molecular flexibility index (Phi) is 3.25. The Balaban J connectivity index is 1.50. The molecule has 0 aromatic carbocycles. The number of carbonyl (C=O) groups is 1. The number of amides is 1. The van der Waals surface area contributed by atoms with Crippen molar-refractivity contribution in [2.45, 2.75) is 44.2 Å².